The highest BCUT2D eigenvalue weighted by Gasteiger charge is 2.08. The number of fused-ring (bicyclic) bond motifs is 1. The van der Waals surface area contributed by atoms with Gasteiger partial charge in [0.1, 0.15) is 0 Å². The summed E-state index contributed by atoms with van der Waals surface area (Å²) in [7, 11) is 0. The van der Waals surface area contributed by atoms with E-state index in [2.05, 4.69) is 4.98 Å². The van der Waals surface area contributed by atoms with Crippen LogP contribution in [-0.4, -0.2) is 4.98 Å². The molecule has 20 heavy (non-hydrogen) atoms. The molecule has 0 aliphatic heterocycles. The lowest BCUT2D eigenvalue weighted by atomic mass is 10.1. The van der Waals surface area contributed by atoms with Crippen LogP contribution in [0.5, 0.6) is 0 Å². The first-order valence-electron chi connectivity index (χ1n) is 5.90. The predicted octanol–water partition coefficient (Wildman–Crippen LogP) is 4.25. The van der Waals surface area contributed by atoms with Crippen molar-refractivity contribution in [3.8, 4) is 0 Å². The third-order valence-electron chi connectivity index (χ3n) is 2.93. The smallest absolute Gasteiger partial charge is 0.159 e. The summed E-state index contributed by atoms with van der Waals surface area (Å²) in [5, 5.41) is 1.79. The van der Waals surface area contributed by atoms with Crippen LogP contribution in [0.3, 0.4) is 0 Å². The van der Waals surface area contributed by atoms with Gasteiger partial charge >= 0.3 is 0 Å². The molecule has 3 rings (SSSR count). The molecule has 5 heteroatoms. The summed E-state index contributed by atoms with van der Waals surface area (Å²) in [5.74, 6) is -1.70. The van der Waals surface area contributed by atoms with Gasteiger partial charge in [-0.1, -0.05) is 11.8 Å². The minimum Gasteiger partial charge on any atom is -0.398 e. The van der Waals surface area contributed by atoms with Gasteiger partial charge in [0.15, 0.2) is 11.6 Å². The molecule has 1 aromatic heterocycles. The van der Waals surface area contributed by atoms with E-state index < -0.39 is 11.6 Å². The van der Waals surface area contributed by atoms with Gasteiger partial charge in [-0.2, -0.15) is 0 Å². The summed E-state index contributed by atoms with van der Waals surface area (Å²) in [5.41, 5.74) is 6.58. The molecule has 0 bridgehead atoms. The summed E-state index contributed by atoms with van der Waals surface area (Å²) in [6.07, 6.45) is 3.39. The summed E-state index contributed by atoms with van der Waals surface area (Å²) < 4.78 is 26.2. The normalized spacial score (nSPS) is 10.9. The Balaban J connectivity index is 2.06. The molecule has 2 nitrogen and oxygen atoms in total. The minimum atomic E-state index is -0.854. The number of pyridine rings is 1. The van der Waals surface area contributed by atoms with Gasteiger partial charge in [-0.25, -0.2) is 8.78 Å². The van der Waals surface area contributed by atoms with E-state index in [1.165, 1.54) is 17.8 Å². The van der Waals surface area contributed by atoms with Crippen LogP contribution < -0.4 is 5.73 Å². The quantitative estimate of drug-likeness (QED) is 0.717. The Hall–Kier alpha value is -2.14. The monoisotopic (exact) mass is 288 g/mol. The molecule has 3 aromatic rings. The Bertz CT molecular complexity index is 790. The molecule has 0 aliphatic rings. The standard InChI is InChI=1S/C15H10F2N2S/c16-12-2-1-9(7-13(12)17)20-15-4-3-14(18)10-5-6-19-8-11(10)15/h1-8H,18H2. The molecule has 0 saturated carbocycles. The third-order valence-corrected chi connectivity index (χ3v) is 4.00. The lowest BCUT2D eigenvalue weighted by Crippen LogP contribution is -1.89. The van der Waals surface area contributed by atoms with Crippen LogP contribution in [0.15, 0.2) is 58.6 Å². The first-order chi connectivity index (χ1) is 9.65. The van der Waals surface area contributed by atoms with E-state index in [-0.39, 0.29) is 0 Å². The highest BCUT2D eigenvalue weighted by atomic mass is 32.2. The van der Waals surface area contributed by atoms with Gasteiger partial charge < -0.3 is 5.73 Å². The number of aromatic nitrogens is 1. The maximum absolute atomic E-state index is 13.2. The molecule has 0 atom stereocenters. The van der Waals surface area contributed by atoms with Crippen LogP contribution in [-0.2, 0) is 0 Å². The largest absolute Gasteiger partial charge is 0.398 e. The fourth-order valence-corrected chi connectivity index (χ4v) is 2.90. The van der Waals surface area contributed by atoms with E-state index >= 15 is 0 Å². The average Bonchev–Trinajstić information content (AvgIpc) is 2.46. The van der Waals surface area contributed by atoms with Crippen LogP contribution in [0.4, 0.5) is 14.5 Å². The van der Waals surface area contributed by atoms with Crippen LogP contribution in [0.2, 0.25) is 0 Å². The van der Waals surface area contributed by atoms with Crippen molar-refractivity contribution in [1.29, 1.82) is 0 Å². The summed E-state index contributed by atoms with van der Waals surface area (Å²) >= 11 is 1.35. The van der Waals surface area contributed by atoms with E-state index in [4.69, 9.17) is 5.73 Å². The van der Waals surface area contributed by atoms with Gasteiger partial charge in [0.2, 0.25) is 0 Å². The lowest BCUT2D eigenvalue weighted by Gasteiger charge is -2.08. The van der Waals surface area contributed by atoms with Crippen molar-refractivity contribution in [3.63, 3.8) is 0 Å². The Kier molecular flexibility index (Phi) is 3.28. The molecule has 0 spiro atoms. The number of hydrogen-bond donors (Lipinski definition) is 1. The summed E-state index contributed by atoms with van der Waals surface area (Å²) in [6, 6.07) is 9.32. The minimum absolute atomic E-state index is 0.624. The van der Waals surface area contributed by atoms with Gasteiger partial charge in [-0.05, 0) is 36.4 Å². The third kappa shape index (κ3) is 2.32. The molecule has 2 aromatic carbocycles. The number of nitrogen functional groups attached to an aromatic ring is 1. The number of nitrogens with two attached hydrogens (primary N) is 1. The maximum Gasteiger partial charge on any atom is 0.159 e. The summed E-state index contributed by atoms with van der Waals surface area (Å²) in [4.78, 5) is 5.61. The molecule has 0 unspecified atom stereocenters. The van der Waals surface area contributed by atoms with E-state index in [0.717, 1.165) is 21.7 Å². The van der Waals surface area contributed by atoms with Crippen molar-refractivity contribution in [2.75, 3.05) is 5.73 Å². The molecule has 0 fully saturated rings. The number of hydrogen-bond acceptors (Lipinski definition) is 3. The van der Waals surface area contributed by atoms with E-state index in [0.29, 0.717) is 10.6 Å². The first kappa shape index (κ1) is 12.9. The van der Waals surface area contributed by atoms with E-state index in [9.17, 15) is 8.78 Å². The SMILES string of the molecule is Nc1ccc(Sc2ccc(F)c(F)c2)c2cnccc12. The molecule has 0 amide bonds. The molecular weight excluding hydrogens is 278 g/mol. The van der Waals surface area contributed by atoms with Gasteiger partial charge in [-0.15, -0.1) is 0 Å². The van der Waals surface area contributed by atoms with Gasteiger partial charge in [0.25, 0.3) is 0 Å². The molecule has 100 valence electrons. The predicted molar refractivity (Wildman–Crippen MR) is 76.6 cm³/mol. The van der Waals surface area contributed by atoms with Gasteiger partial charge in [0, 0.05) is 38.6 Å². The Labute approximate surface area is 118 Å². The van der Waals surface area contributed by atoms with Crippen LogP contribution in [0.25, 0.3) is 10.8 Å². The Morgan fingerprint density at radius 1 is 0.950 bits per heavy atom. The number of anilines is 1. The number of halogens is 2. The molecular formula is C15H10F2N2S. The van der Waals surface area contributed by atoms with Crippen LogP contribution in [0, 0.1) is 11.6 Å². The molecule has 2 N–H and O–H groups in total. The molecule has 0 saturated heterocycles. The Morgan fingerprint density at radius 3 is 2.60 bits per heavy atom. The van der Waals surface area contributed by atoms with Crippen molar-refractivity contribution in [3.05, 3.63) is 60.4 Å². The highest BCUT2D eigenvalue weighted by molar-refractivity contribution is 7.99. The summed E-state index contributed by atoms with van der Waals surface area (Å²) in [6.45, 7) is 0. The zero-order valence-electron chi connectivity index (χ0n) is 10.3. The van der Waals surface area contributed by atoms with Crippen LogP contribution in [0.1, 0.15) is 0 Å². The maximum atomic E-state index is 13.2. The van der Waals surface area contributed by atoms with Crippen molar-refractivity contribution in [2.24, 2.45) is 0 Å². The fraction of sp³-hybridized carbons (Fsp3) is 0. The number of nitrogens with zero attached hydrogens (tertiary/aromatic N) is 1. The zero-order chi connectivity index (χ0) is 14.1. The van der Waals surface area contributed by atoms with Crippen LogP contribution >= 0.6 is 11.8 Å². The fourth-order valence-electron chi connectivity index (χ4n) is 1.94. The van der Waals surface area contributed by atoms with Crippen molar-refractivity contribution in [1.82, 2.24) is 4.98 Å². The second-order valence-electron chi connectivity index (χ2n) is 4.25. The Morgan fingerprint density at radius 2 is 1.80 bits per heavy atom. The van der Waals surface area contributed by atoms with Crippen molar-refractivity contribution < 1.29 is 8.78 Å². The number of benzene rings is 2. The second-order valence-corrected chi connectivity index (χ2v) is 5.37. The second kappa shape index (κ2) is 5.09. The molecule has 0 radical (unpaired) electrons. The zero-order valence-corrected chi connectivity index (χ0v) is 11.1. The van der Waals surface area contributed by atoms with E-state index in [1.807, 2.05) is 12.1 Å². The van der Waals surface area contributed by atoms with Crippen molar-refractivity contribution >= 4 is 28.2 Å². The average molecular weight is 288 g/mol. The van der Waals surface area contributed by atoms with Gasteiger partial charge in [-0.3, -0.25) is 4.98 Å². The number of rotatable bonds is 2. The van der Waals surface area contributed by atoms with Crippen molar-refractivity contribution in [2.45, 2.75) is 9.79 Å². The topological polar surface area (TPSA) is 38.9 Å². The molecule has 1 heterocycles. The van der Waals surface area contributed by atoms with Gasteiger partial charge in [0.05, 0.1) is 0 Å². The highest BCUT2D eigenvalue weighted by Crippen LogP contribution is 2.35. The molecule has 0 aliphatic carbocycles. The van der Waals surface area contributed by atoms with E-state index in [1.54, 1.807) is 24.5 Å². The lowest BCUT2D eigenvalue weighted by molar-refractivity contribution is 0.506. The first-order valence-corrected chi connectivity index (χ1v) is 6.72.